The average molecular weight is 362 g/mol. The van der Waals surface area contributed by atoms with Crippen LogP contribution >= 0.6 is 11.8 Å². The second-order valence-corrected chi connectivity index (χ2v) is 7.59. The molecule has 0 radical (unpaired) electrons. The van der Waals surface area contributed by atoms with Crippen LogP contribution in [0, 0.1) is 0 Å². The van der Waals surface area contributed by atoms with E-state index in [-0.39, 0.29) is 5.91 Å². The molecule has 0 spiro atoms. The Morgan fingerprint density at radius 2 is 2.12 bits per heavy atom. The Labute approximate surface area is 153 Å². The summed E-state index contributed by atoms with van der Waals surface area (Å²) in [6.45, 7) is 1.42. The summed E-state index contributed by atoms with van der Waals surface area (Å²) in [4.78, 5) is 16.9. The van der Waals surface area contributed by atoms with Gasteiger partial charge in [0.1, 0.15) is 0 Å². The minimum atomic E-state index is 0.166. The van der Waals surface area contributed by atoms with E-state index in [1.807, 2.05) is 18.2 Å². The Kier molecular flexibility index (Phi) is 6.76. The van der Waals surface area contributed by atoms with Crippen molar-refractivity contribution in [2.75, 3.05) is 19.5 Å². The van der Waals surface area contributed by atoms with Crippen molar-refractivity contribution in [1.82, 2.24) is 14.9 Å². The highest BCUT2D eigenvalue weighted by atomic mass is 32.2. The van der Waals surface area contributed by atoms with Crippen molar-refractivity contribution in [2.45, 2.75) is 56.3 Å². The van der Waals surface area contributed by atoms with Crippen molar-refractivity contribution in [3.05, 3.63) is 24.3 Å². The third-order valence-electron chi connectivity index (χ3n) is 4.67. The number of nitrogens with one attached hydrogen (secondary N) is 1. The van der Waals surface area contributed by atoms with Gasteiger partial charge in [0, 0.05) is 31.9 Å². The van der Waals surface area contributed by atoms with Gasteiger partial charge in [-0.3, -0.25) is 4.79 Å². The monoisotopic (exact) mass is 361 g/mol. The maximum absolute atomic E-state index is 12.2. The predicted octanol–water partition coefficient (Wildman–Crippen LogP) is 3.61. The first-order chi connectivity index (χ1) is 12.3. The molecular weight excluding hydrogens is 334 g/mol. The zero-order chi connectivity index (χ0) is 17.5. The van der Waals surface area contributed by atoms with Gasteiger partial charge in [-0.1, -0.05) is 43.2 Å². The number of hydrogen-bond acceptors (Lipinski definition) is 4. The van der Waals surface area contributed by atoms with Gasteiger partial charge < -0.3 is 14.6 Å². The topological polar surface area (TPSA) is 56.1 Å². The number of carbonyl (C=O) groups is 1. The molecule has 0 saturated heterocycles. The summed E-state index contributed by atoms with van der Waals surface area (Å²) in [5, 5.41) is 4.14. The van der Waals surface area contributed by atoms with Crippen LogP contribution in [0.1, 0.15) is 38.5 Å². The lowest BCUT2D eigenvalue weighted by Crippen LogP contribution is -2.36. The van der Waals surface area contributed by atoms with Crippen LogP contribution in [0.5, 0.6) is 0 Å². The van der Waals surface area contributed by atoms with E-state index >= 15 is 0 Å². The Morgan fingerprint density at radius 3 is 2.92 bits per heavy atom. The standard InChI is InChI=1S/C19H27N3O2S/c1-24-13-12-22-17-10-6-5-9-16(17)21-19(22)25-14-11-18(23)20-15-7-3-2-4-8-15/h5-6,9-10,15H,2-4,7-8,11-14H2,1H3,(H,20,23). The summed E-state index contributed by atoms with van der Waals surface area (Å²) in [6.07, 6.45) is 6.58. The average Bonchev–Trinajstić information content (AvgIpc) is 2.98. The molecule has 5 nitrogen and oxygen atoms in total. The third kappa shape index (κ3) is 4.98. The SMILES string of the molecule is COCCn1c(SCCC(=O)NC2CCCCC2)nc2ccccc21. The number of carbonyl (C=O) groups excluding carboxylic acids is 1. The van der Waals surface area contributed by atoms with Crippen molar-refractivity contribution >= 4 is 28.7 Å². The molecule has 1 aromatic heterocycles. The summed E-state index contributed by atoms with van der Waals surface area (Å²) >= 11 is 1.65. The van der Waals surface area contributed by atoms with Crippen molar-refractivity contribution in [2.24, 2.45) is 0 Å². The molecule has 1 aliphatic carbocycles. The zero-order valence-corrected chi connectivity index (χ0v) is 15.7. The number of ether oxygens (including phenoxy) is 1. The van der Waals surface area contributed by atoms with Gasteiger partial charge in [-0.05, 0) is 25.0 Å². The third-order valence-corrected chi connectivity index (χ3v) is 5.65. The zero-order valence-electron chi connectivity index (χ0n) is 14.9. The van der Waals surface area contributed by atoms with Crippen molar-refractivity contribution in [3.8, 4) is 0 Å². The van der Waals surface area contributed by atoms with E-state index in [9.17, 15) is 4.79 Å². The largest absolute Gasteiger partial charge is 0.383 e. The second-order valence-electron chi connectivity index (χ2n) is 6.53. The summed E-state index contributed by atoms with van der Waals surface area (Å²) in [7, 11) is 1.71. The quantitative estimate of drug-likeness (QED) is 0.730. The normalized spacial score (nSPS) is 15.6. The van der Waals surface area contributed by atoms with E-state index in [0.29, 0.717) is 19.1 Å². The minimum Gasteiger partial charge on any atom is -0.383 e. The number of nitrogens with zero attached hydrogens (tertiary/aromatic N) is 2. The second kappa shape index (κ2) is 9.25. The Bertz CT molecular complexity index is 695. The van der Waals surface area contributed by atoms with Gasteiger partial charge in [0.05, 0.1) is 17.6 Å². The fourth-order valence-electron chi connectivity index (χ4n) is 3.34. The van der Waals surface area contributed by atoms with Crippen molar-refractivity contribution in [1.29, 1.82) is 0 Å². The molecule has 0 bridgehead atoms. The van der Waals surface area contributed by atoms with Gasteiger partial charge in [0.25, 0.3) is 0 Å². The first-order valence-corrected chi connectivity index (χ1v) is 10.1. The van der Waals surface area contributed by atoms with E-state index in [4.69, 9.17) is 9.72 Å². The number of rotatable bonds is 8. The molecule has 25 heavy (non-hydrogen) atoms. The number of thioether (sulfide) groups is 1. The fourth-order valence-corrected chi connectivity index (χ4v) is 4.32. The minimum absolute atomic E-state index is 0.166. The van der Waals surface area contributed by atoms with Crippen LogP contribution in [0.25, 0.3) is 11.0 Å². The summed E-state index contributed by atoms with van der Waals surface area (Å²) < 4.78 is 7.41. The maximum atomic E-state index is 12.2. The van der Waals surface area contributed by atoms with Crippen LogP contribution in [0.15, 0.2) is 29.4 Å². The van der Waals surface area contributed by atoms with E-state index in [1.54, 1.807) is 18.9 Å². The van der Waals surface area contributed by atoms with Gasteiger partial charge in [-0.25, -0.2) is 4.98 Å². The molecule has 1 saturated carbocycles. The lowest BCUT2D eigenvalue weighted by atomic mass is 9.95. The van der Waals surface area contributed by atoms with Gasteiger partial charge in [-0.2, -0.15) is 0 Å². The number of benzene rings is 1. The number of amides is 1. The molecule has 1 heterocycles. The molecule has 1 N–H and O–H groups in total. The highest BCUT2D eigenvalue weighted by molar-refractivity contribution is 7.99. The van der Waals surface area contributed by atoms with E-state index in [0.717, 1.165) is 41.3 Å². The Balaban J connectivity index is 1.55. The van der Waals surface area contributed by atoms with Crippen LogP contribution in [0.2, 0.25) is 0 Å². The molecule has 1 amide bonds. The highest BCUT2D eigenvalue weighted by Crippen LogP contribution is 2.24. The molecule has 0 aliphatic heterocycles. The smallest absolute Gasteiger partial charge is 0.221 e. The molecule has 3 rings (SSSR count). The van der Waals surface area contributed by atoms with E-state index in [1.165, 1.54) is 19.3 Å². The van der Waals surface area contributed by atoms with Crippen LogP contribution in [-0.2, 0) is 16.1 Å². The van der Waals surface area contributed by atoms with E-state index in [2.05, 4.69) is 16.0 Å². The van der Waals surface area contributed by atoms with Crippen LogP contribution in [0.4, 0.5) is 0 Å². The first-order valence-electron chi connectivity index (χ1n) is 9.14. The maximum Gasteiger partial charge on any atom is 0.221 e. The molecule has 1 aliphatic rings. The fraction of sp³-hybridized carbons (Fsp3) is 0.579. The first kappa shape index (κ1) is 18.3. The van der Waals surface area contributed by atoms with Gasteiger partial charge >= 0.3 is 0 Å². The summed E-state index contributed by atoms with van der Waals surface area (Å²) in [5.41, 5.74) is 2.11. The van der Waals surface area contributed by atoms with Crippen LogP contribution in [-0.4, -0.2) is 41.0 Å². The molecular formula is C19H27N3O2S. The molecule has 2 aromatic rings. The molecule has 1 aromatic carbocycles. The number of imidazole rings is 1. The highest BCUT2D eigenvalue weighted by Gasteiger charge is 2.16. The van der Waals surface area contributed by atoms with Gasteiger partial charge in [-0.15, -0.1) is 0 Å². The summed E-state index contributed by atoms with van der Waals surface area (Å²) in [5.74, 6) is 0.911. The van der Waals surface area contributed by atoms with Crippen LogP contribution in [0.3, 0.4) is 0 Å². The molecule has 136 valence electrons. The Hall–Kier alpha value is -1.53. The number of fused-ring (bicyclic) bond motifs is 1. The van der Waals surface area contributed by atoms with Crippen LogP contribution < -0.4 is 5.32 Å². The lowest BCUT2D eigenvalue weighted by Gasteiger charge is -2.22. The van der Waals surface area contributed by atoms with E-state index < -0.39 is 0 Å². The van der Waals surface area contributed by atoms with Gasteiger partial charge in [0.15, 0.2) is 5.16 Å². The molecule has 0 atom stereocenters. The molecule has 6 heteroatoms. The predicted molar refractivity (Wildman–Crippen MR) is 102 cm³/mol. The summed E-state index contributed by atoms with van der Waals surface area (Å²) in [6, 6.07) is 8.52. The van der Waals surface area contributed by atoms with Crippen molar-refractivity contribution in [3.63, 3.8) is 0 Å². The molecule has 0 unspecified atom stereocenters. The number of aromatic nitrogens is 2. The number of para-hydroxylation sites is 2. The van der Waals surface area contributed by atoms with Crippen molar-refractivity contribution < 1.29 is 9.53 Å². The van der Waals surface area contributed by atoms with Gasteiger partial charge in [0.2, 0.25) is 5.91 Å². The number of methoxy groups -OCH3 is 1. The molecule has 1 fully saturated rings. The number of hydrogen-bond donors (Lipinski definition) is 1. The lowest BCUT2D eigenvalue weighted by molar-refractivity contribution is -0.121. The Morgan fingerprint density at radius 1 is 1.32 bits per heavy atom.